The molecule has 0 amide bonds. The molecule has 17 heavy (non-hydrogen) atoms. The fraction of sp³-hybridized carbons (Fsp3) is 0.538. The second kappa shape index (κ2) is 5.91. The molecule has 1 aliphatic heterocycles. The maximum absolute atomic E-state index is 5.88. The number of nitrogens with zero attached hydrogens (tertiary/aromatic N) is 1. The van der Waals surface area contributed by atoms with E-state index in [1.807, 2.05) is 18.2 Å². The van der Waals surface area contributed by atoms with Gasteiger partial charge in [-0.2, -0.15) is 0 Å². The number of benzene rings is 1. The van der Waals surface area contributed by atoms with Crippen LogP contribution in [0.4, 0.5) is 0 Å². The molecule has 2 rings (SSSR count). The number of ether oxygens (including phenoxy) is 2. The van der Waals surface area contributed by atoms with Gasteiger partial charge in [0.15, 0.2) is 11.5 Å². The van der Waals surface area contributed by atoms with Gasteiger partial charge in [0.1, 0.15) is 0 Å². The lowest BCUT2D eigenvalue weighted by molar-refractivity contribution is 0.238. The Labute approximate surface area is 116 Å². The van der Waals surface area contributed by atoms with Crippen molar-refractivity contribution in [3.63, 3.8) is 0 Å². The van der Waals surface area contributed by atoms with E-state index >= 15 is 0 Å². The molecular weight excluding hydrogens is 329 g/mol. The zero-order valence-electron chi connectivity index (χ0n) is 10.3. The number of rotatable bonds is 4. The van der Waals surface area contributed by atoms with Crippen LogP contribution in [0.1, 0.15) is 6.42 Å². The highest BCUT2D eigenvalue weighted by molar-refractivity contribution is 14.1. The molecule has 1 aromatic rings. The first-order valence-corrected chi connectivity index (χ1v) is 6.92. The van der Waals surface area contributed by atoms with Gasteiger partial charge in [-0.3, -0.25) is 0 Å². The summed E-state index contributed by atoms with van der Waals surface area (Å²) in [7, 11) is 3.84. The summed E-state index contributed by atoms with van der Waals surface area (Å²) in [5, 5.41) is 0. The van der Waals surface area contributed by atoms with E-state index in [0.29, 0.717) is 5.92 Å². The number of methoxy groups -OCH3 is 1. The molecule has 1 aliphatic rings. The maximum atomic E-state index is 5.88. The van der Waals surface area contributed by atoms with E-state index in [-0.39, 0.29) is 0 Å². The highest BCUT2D eigenvalue weighted by Crippen LogP contribution is 2.29. The summed E-state index contributed by atoms with van der Waals surface area (Å²) in [6.07, 6.45) is 1.22. The number of halogens is 1. The van der Waals surface area contributed by atoms with Crippen LogP contribution in [0.3, 0.4) is 0 Å². The van der Waals surface area contributed by atoms with Crippen molar-refractivity contribution >= 4 is 22.6 Å². The number of hydrogen-bond acceptors (Lipinski definition) is 3. The second-order valence-electron chi connectivity index (χ2n) is 4.52. The molecule has 1 unspecified atom stereocenters. The van der Waals surface area contributed by atoms with Crippen LogP contribution in [0.2, 0.25) is 0 Å². The van der Waals surface area contributed by atoms with E-state index in [4.69, 9.17) is 9.47 Å². The molecule has 0 aliphatic carbocycles. The quantitative estimate of drug-likeness (QED) is 0.782. The minimum absolute atomic E-state index is 0.641. The largest absolute Gasteiger partial charge is 0.493 e. The predicted molar refractivity (Wildman–Crippen MR) is 76.8 cm³/mol. The molecular formula is C13H18INO2. The minimum atomic E-state index is 0.641. The first kappa shape index (κ1) is 13.0. The summed E-state index contributed by atoms with van der Waals surface area (Å²) in [4.78, 5) is 2.35. The molecule has 1 atom stereocenters. The van der Waals surface area contributed by atoms with Gasteiger partial charge in [0.05, 0.1) is 13.7 Å². The smallest absolute Gasteiger partial charge is 0.162 e. The summed E-state index contributed by atoms with van der Waals surface area (Å²) < 4.78 is 12.4. The molecule has 0 bridgehead atoms. The molecule has 0 spiro atoms. The second-order valence-corrected chi connectivity index (χ2v) is 5.77. The zero-order valence-corrected chi connectivity index (χ0v) is 12.4. The van der Waals surface area contributed by atoms with Crippen LogP contribution in [-0.4, -0.2) is 38.8 Å². The number of likely N-dealkylation sites (tertiary alicyclic amines) is 1. The zero-order chi connectivity index (χ0) is 12.3. The van der Waals surface area contributed by atoms with Crippen molar-refractivity contribution in [2.24, 2.45) is 5.92 Å². The van der Waals surface area contributed by atoms with Gasteiger partial charge in [-0.15, -0.1) is 0 Å². The van der Waals surface area contributed by atoms with Crippen molar-refractivity contribution in [3.05, 3.63) is 21.8 Å². The summed E-state index contributed by atoms with van der Waals surface area (Å²) >= 11 is 2.29. The van der Waals surface area contributed by atoms with Gasteiger partial charge < -0.3 is 14.4 Å². The van der Waals surface area contributed by atoms with E-state index in [0.717, 1.165) is 24.7 Å². The van der Waals surface area contributed by atoms with Gasteiger partial charge in [-0.1, -0.05) is 0 Å². The Balaban J connectivity index is 1.96. The highest BCUT2D eigenvalue weighted by atomic mass is 127. The summed E-state index contributed by atoms with van der Waals surface area (Å²) in [5.74, 6) is 2.31. The van der Waals surface area contributed by atoms with Gasteiger partial charge in [0.2, 0.25) is 0 Å². The van der Waals surface area contributed by atoms with Crippen LogP contribution in [0.5, 0.6) is 11.5 Å². The molecule has 3 nitrogen and oxygen atoms in total. The van der Waals surface area contributed by atoms with Crippen molar-refractivity contribution in [3.8, 4) is 11.5 Å². The van der Waals surface area contributed by atoms with Gasteiger partial charge >= 0.3 is 0 Å². The van der Waals surface area contributed by atoms with Crippen LogP contribution in [-0.2, 0) is 0 Å². The van der Waals surface area contributed by atoms with E-state index in [1.54, 1.807) is 7.11 Å². The lowest BCUT2D eigenvalue weighted by Crippen LogP contribution is -2.18. The van der Waals surface area contributed by atoms with Crippen LogP contribution < -0.4 is 9.47 Å². The van der Waals surface area contributed by atoms with Gasteiger partial charge in [-0.05, 0) is 60.8 Å². The minimum Gasteiger partial charge on any atom is -0.493 e. The SMILES string of the molecule is COc1ccc(I)cc1OCC1CCN(C)C1. The Morgan fingerprint density at radius 3 is 2.88 bits per heavy atom. The Bertz CT molecular complexity index is 384. The third-order valence-corrected chi connectivity index (χ3v) is 3.76. The average Bonchev–Trinajstić information content (AvgIpc) is 2.73. The van der Waals surface area contributed by atoms with Crippen molar-refractivity contribution in [2.75, 3.05) is 33.9 Å². The van der Waals surface area contributed by atoms with E-state index in [2.05, 4.69) is 34.5 Å². The molecule has 94 valence electrons. The van der Waals surface area contributed by atoms with Crippen LogP contribution in [0.15, 0.2) is 18.2 Å². The Hall–Kier alpha value is -0.490. The molecule has 4 heteroatoms. The standard InChI is InChI=1S/C13H18INO2/c1-15-6-5-10(8-15)9-17-13-7-11(14)3-4-12(13)16-2/h3-4,7,10H,5-6,8-9H2,1-2H3. The first-order valence-electron chi connectivity index (χ1n) is 5.84. The molecule has 1 aromatic carbocycles. The lowest BCUT2D eigenvalue weighted by atomic mass is 10.1. The molecule has 0 saturated carbocycles. The number of hydrogen-bond donors (Lipinski definition) is 0. The van der Waals surface area contributed by atoms with Crippen molar-refractivity contribution in [1.82, 2.24) is 4.90 Å². The lowest BCUT2D eigenvalue weighted by Gasteiger charge is -2.14. The van der Waals surface area contributed by atoms with Gasteiger partial charge in [-0.25, -0.2) is 0 Å². The Morgan fingerprint density at radius 1 is 1.41 bits per heavy atom. The van der Waals surface area contributed by atoms with Crippen molar-refractivity contribution < 1.29 is 9.47 Å². The maximum Gasteiger partial charge on any atom is 0.162 e. The predicted octanol–water partition coefficient (Wildman–Crippen LogP) is 2.63. The molecule has 1 heterocycles. The van der Waals surface area contributed by atoms with Crippen LogP contribution in [0.25, 0.3) is 0 Å². The fourth-order valence-electron chi connectivity index (χ4n) is 2.13. The van der Waals surface area contributed by atoms with Crippen LogP contribution in [0, 0.1) is 9.49 Å². The Kier molecular flexibility index (Phi) is 4.50. The third-order valence-electron chi connectivity index (χ3n) is 3.09. The van der Waals surface area contributed by atoms with Gasteiger partial charge in [0, 0.05) is 16.0 Å². The van der Waals surface area contributed by atoms with E-state index in [9.17, 15) is 0 Å². The summed E-state index contributed by atoms with van der Waals surface area (Å²) in [6.45, 7) is 3.09. The highest BCUT2D eigenvalue weighted by Gasteiger charge is 2.20. The van der Waals surface area contributed by atoms with E-state index in [1.165, 1.54) is 16.5 Å². The molecule has 0 aromatic heterocycles. The van der Waals surface area contributed by atoms with Gasteiger partial charge in [0.25, 0.3) is 0 Å². The molecule has 1 saturated heterocycles. The van der Waals surface area contributed by atoms with Crippen molar-refractivity contribution in [2.45, 2.75) is 6.42 Å². The monoisotopic (exact) mass is 347 g/mol. The van der Waals surface area contributed by atoms with Crippen molar-refractivity contribution in [1.29, 1.82) is 0 Å². The van der Waals surface area contributed by atoms with E-state index < -0.39 is 0 Å². The summed E-state index contributed by atoms with van der Waals surface area (Å²) in [5.41, 5.74) is 0. The Morgan fingerprint density at radius 2 is 2.24 bits per heavy atom. The fourth-order valence-corrected chi connectivity index (χ4v) is 2.60. The third kappa shape index (κ3) is 3.48. The summed E-state index contributed by atoms with van der Waals surface area (Å²) in [6, 6.07) is 6.01. The molecule has 0 N–H and O–H groups in total. The molecule has 0 radical (unpaired) electrons. The first-order chi connectivity index (χ1) is 8.19. The van der Waals surface area contributed by atoms with Crippen LogP contribution >= 0.6 is 22.6 Å². The normalized spacial score (nSPS) is 20.5. The average molecular weight is 347 g/mol. The molecule has 1 fully saturated rings. The topological polar surface area (TPSA) is 21.7 Å².